The summed E-state index contributed by atoms with van der Waals surface area (Å²) in [7, 11) is 3.22. The van der Waals surface area contributed by atoms with Crippen LogP contribution in [0.5, 0.6) is 11.5 Å². The lowest BCUT2D eigenvalue weighted by Crippen LogP contribution is -2.31. The van der Waals surface area contributed by atoms with Crippen LogP contribution in [0.4, 0.5) is 5.69 Å². The van der Waals surface area contributed by atoms with Gasteiger partial charge < -0.3 is 24.5 Å². The van der Waals surface area contributed by atoms with E-state index < -0.39 is 0 Å². The molecule has 0 bridgehead atoms. The van der Waals surface area contributed by atoms with Crippen LogP contribution in [0.25, 0.3) is 0 Å². The Morgan fingerprint density at radius 1 is 1.25 bits per heavy atom. The highest BCUT2D eigenvalue weighted by atomic mass is 16.5. The van der Waals surface area contributed by atoms with Crippen LogP contribution in [0, 0.1) is 0 Å². The molecule has 0 aliphatic rings. The zero-order valence-electron chi connectivity index (χ0n) is 14.0. The first-order valence-electron chi connectivity index (χ1n) is 7.67. The third-order valence-electron chi connectivity index (χ3n) is 3.27. The van der Waals surface area contributed by atoms with Crippen LogP contribution in [-0.2, 0) is 6.42 Å². The number of methoxy groups -OCH3 is 2. The molecule has 24 heavy (non-hydrogen) atoms. The van der Waals surface area contributed by atoms with E-state index in [1.54, 1.807) is 26.6 Å². The topological polar surface area (TPSA) is 68.0 Å². The van der Waals surface area contributed by atoms with Gasteiger partial charge in [0, 0.05) is 31.3 Å². The van der Waals surface area contributed by atoms with Gasteiger partial charge in [-0.3, -0.25) is 4.99 Å². The minimum atomic E-state index is 0.604. The average molecular weight is 329 g/mol. The fourth-order valence-corrected chi connectivity index (χ4v) is 2.09. The van der Waals surface area contributed by atoms with Gasteiger partial charge in [0.15, 0.2) is 17.5 Å². The van der Waals surface area contributed by atoms with Gasteiger partial charge >= 0.3 is 0 Å². The van der Waals surface area contributed by atoms with Gasteiger partial charge in [0.2, 0.25) is 0 Å². The predicted molar refractivity (Wildman–Crippen MR) is 96.1 cm³/mol. The van der Waals surface area contributed by atoms with Gasteiger partial charge in [0.05, 0.1) is 20.5 Å². The minimum absolute atomic E-state index is 0.604. The number of nitrogens with one attached hydrogen (secondary N) is 2. The number of hydrogen-bond donors (Lipinski definition) is 2. The number of furan rings is 1. The molecule has 128 valence electrons. The molecule has 0 radical (unpaired) electrons. The molecule has 1 heterocycles. The summed E-state index contributed by atoms with van der Waals surface area (Å²) in [5.41, 5.74) is 0.848. The third-order valence-corrected chi connectivity index (χ3v) is 3.27. The summed E-state index contributed by atoms with van der Waals surface area (Å²) in [4.78, 5) is 4.54. The van der Waals surface area contributed by atoms with Crippen molar-refractivity contribution in [1.29, 1.82) is 0 Å². The number of anilines is 1. The highest BCUT2D eigenvalue weighted by Gasteiger charge is 2.06. The maximum absolute atomic E-state index is 5.32. The smallest absolute Gasteiger partial charge is 0.196 e. The van der Waals surface area contributed by atoms with Crippen LogP contribution in [0.1, 0.15) is 5.76 Å². The van der Waals surface area contributed by atoms with Crippen molar-refractivity contribution in [2.45, 2.75) is 6.42 Å². The molecule has 6 nitrogen and oxygen atoms in total. The Kier molecular flexibility index (Phi) is 6.76. The Balaban J connectivity index is 2.05. The minimum Gasteiger partial charge on any atom is -0.493 e. The molecule has 0 saturated heterocycles. The standard InChI is InChI=1S/C18H23N3O3/c1-4-10-19-18(20-11-9-15-6-5-12-24-15)21-14-7-8-16(22-2)17(13-14)23-3/h4-8,12-13H,1,9-11H2,2-3H3,(H2,19,20,21). The first-order chi connectivity index (χ1) is 11.8. The molecule has 0 amide bonds. The van der Waals surface area contributed by atoms with Gasteiger partial charge in [-0.25, -0.2) is 0 Å². The molecule has 0 unspecified atom stereocenters. The van der Waals surface area contributed by atoms with E-state index in [1.807, 2.05) is 30.3 Å². The Bertz CT molecular complexity index is 666. The molecule has 1 aromatic heterocycles. The highest BCUT2D eigenvalue weighted by Crippen LogP contribution is 2.29. The summed E-state index contributed by atoms with van der Waals surface area (Å²) < 4.78 is 15.9. The predicted octanol–water partition coefficient (Wildman–Crippen LogP) is 3.08. The lowest BCUT2D eigenvalue weighted by atomic mass is 10.2. The molecule has 0 spiro atoms. The summed E-state index contributed by atoms with van der Waals surface area (Å²) in [5.74, 6) is 2.90. The van der Waals surface area contributed by atoms with E-state index >= 15 is 0 Å². The van der Waals surface area contributed by atoms with Crippen molar-refractivity contribution in [2.75, 3.05) is 32.6 Å². The first kappa shape index (κ1) is 17.5. The van der Waals surface area contributed by atoms with Gasteiger partial charge in [-0.15, -0.1) is 6.58 Å². The van der Waals surface area contributed by atoms with Gasteiger partial charge in [0.1, 0.15) is 5.76 Å². The second-order valence-electron chi connectivity index (χ2n) is 4.92. The summed E-state index contributed by atoms with van der Waals surface area (Å²) in [6.07, 6.45) is 4.18. The number of ether oxygens (including phenoxy) is 2. The van der Waals surface area contributed by atoms with Gasteiger partial charge in [-0.05, 0) is 24.3 Å². The number of hydrogen-bond acceptors (Lipinski definition) is 4. The lowest BCUT2D eigenvalue weighted by molar-refractivity contribution is 0.355. The number of guanidine groups is 1. The molecule has 6 heteroatoms. The van der Waals surface area contributed by atoms with E-state index in [1.165, 1.54) is 0 Å². The molecule has 2 aromatic rings. The molecular formula is C18H23N3O3. The van der Waals surface area contributed by atoms with Crippen LogP contribution < -0.4 is 20.1 Å². The zero-order chi connectivity index (χ0) is 17.2. The molecule has 0 saturated carbocycles. The van der Waals surface area contributed by atoms with Crippen molar-refractivity contribution < 1.29 is 13.9 Å². The van der Waals surface area contributed by atoms with Crippen molar-refractivity contribution in [3.8, 4) is 11.5 Å². The van der Waals surface area contributed by atoms with E-state index in [0.717, 1.165) is 17.9 Å². The normalized spacial score (nSPS) is 11.0. The van der Waals surface area contributed by atoms with Crippen molar-refractivity contribution in [3.63, 3.8) is 0 Å². The van der Waals surface area contributed by atoms with Crippen molar-refractivity contribution in [1.82, 2.24) is 5.32 Å². The largest absolute Gasteiger partial charge is 0.493 e. The van der Waals surface area contributed by atoms with Gasteiger partial charge in [-0.2, -0.15) is 0 Å². The van der Waals surface area contributed by atoms with Crippen LogP contribution >= 0.6 is 0 Å². The van der Waals surface area contributed by atoms with Gasteiger partial charge in [0.25, 0.3) is 0 Å². The summed E-state index contributed by atoms with van der Waals surface area (Å²) in [6, 6.07) is 9.41. The number of nitrogens with zero attached hydrogens (tertiary/aromatic N) is 1. The van der Waals surface area contributed by atoms with E-state index in [-0.39, 0.29) is 0 Å². The first-order valence-corrected chi connectivity index (χ1v) is 7.67. The Hall–Kier alpha value is -2.89. The number of benzene rings is 1. The maximum Gasteiger partial charge on any atom is 0.196 e. The molecule has 2 rings (SSSR count). The molecular weight excluding hydrogens is 306 g/mol. The SMILES string of the molecule is C=CCNC(=NCCc1ccco1)Nc1ccc(OC)c(OC)c1. The maximum atomic E-state index is 5.32. The lowest BCUT2D eigenvalue weighted by Gasteiger charge is -2.13. The summed E-state index contributed by atoms with van der Waals surface area (Å²) >= 11 is 0. The Morgan fingerprint density at radius 3 is 2.75 bits per heavy atom. The highest BCUT2D eigenvalue weighted by molar-refractivity contribution is 5.94. The number of rotatable bonds is 8. The molecule has 0 atom stereocenters. The van der Waals surface area contributed by atoms with Gasteiger partial charge in [-0.1, -0.05) is 6.08 Å². The second-order valence-corrected chi connectivity index (χ2v) is 4.92. The molecule has 0 fully saturated rings. The average Bonchev–Trinajstić information content (AvgIpc) is 3.12. The van der Waals surface area contributed by atoms with Crippen LogP contribution in [0.15, 0.2) is 58.7 Å². The van der Waals surface area contributed by atoms with Crippen molar-refractivity contribution in [2.24, 2.45) is 4.99 Å². The Morgan fingerprint density at radius 2 is 2.08 bits per heavy atom. The van der Waals surface area contributed by atoms with E-state index in [4.69, 9.17) is 13.9 Å². The summed E-state index contributed by atoms with van der Waals surface area (Å²) in [6.45, 7) is 4.93. The molecule has 1 aromatic carbocycles. The second kappa shape index (κ2) is 9.29. The zero-order valence-corrected chi connectivity index (χ0v) is 14.0. The quantitative estimate of drug-likeness (QED) is 0.442. The number of aliphatic imine (C=N–C) groups is 1. The summed E-state index contributed by atoms with van der Waals surface area (Å²) in [5, 5.41) is 6.43. The fourth-order valence-electron chi connectivity index (χ4n) is 2.09. The molecule has 2 N–H and O–H groups in total. The molecule has 0 aliphatic heterocycles. The monoisotopic (exact) mass is 329 g/mol. The van der Waals surface area contributed by atoms with Crippen LogP contribution in [-0.4, -0.2) is 33.3 Å². The van der Waals surface area contributed by atoms with E-state index in [9.17, 15) is 0 Å². The van der Waals surface area contributed by atoms with Crippen molar-refractivity contribution in [3.05, 3.63) is 55.0 Å². The van der Waals surface area contributed by atoms with Crippen molar-refractivity contribution >= 4 is 11.6 Å². The van der Waals surface area contributed by atoms with E-state index in [0.29, 0.717) is 30.5 Å². The molecule has 0 aliphatic carbocycles. The Labute approximate surface area is 142 Å². The van der Waals surface area contributed by atoms with Crippen LogP contribution in [0.2, 0.25) is 0 Å². The fraction of sp³-hybridized carbons (Fsp3) is 0.278. The third kappa shape index (κ3) is 5.08. The van der Waals surface area contributed by atoms with E-state index in [2.05, 4.69) is 22.2 Å². The van der Waals surface area contributed by atoms with Crippen LogP contribution in [0.3, 0.4) is 0 Å².